The molecule has 1 saturated heterocycles. The zero-order valence-corrected chi connectivity index (χ0v) is 22.7. The zero-order valence-electron chi connectivity index (χ0n) is 22.7. The molecule has 40 heavy (non-hydrogen) atoms. The molecule has 6 rings (SSSR count). The van der Waals surface area contributed by atoms with Crippen molar-refractivity contribution in [3.05, 3.63) is 66.0 Å². The molecule has 0 spiro atoms. The number of amides is 1. The van der Waals surface area contributed by atoms with Crippen LogP contribution in [-0.2, 0) is 20.7 Å². The molecule has 3 aromatic heterocycles. The molecule has 0 radical (unpaired) electrons. The Morgan fingerprint density at radius 3 is 2.65 bits per heavy atom. The summed E-state index contributed by atoms with van der Waals surface area (Å²) in [6, 6.07) is 7.37. The molecule has 4 heterocycles. The molecule has 2 aromatic carbocycles. The lowest BCUT2D eigenvalue weighted by Gasteiger charge is -2.38. The lowest BCUT2D eigenvalue weighted by molar-refractivity contribution is 0.102. The SMILES string of the molecule is C[C@H]1CN(c2ccc(C(=O)Nc3cc(F)c4nn(C)cc4c3)c3nc(OCc4cnn(C)c4)ncc23)C[C@H](C)N1. The number of aryl methyl sites for hydroxylation is 2. The first-order chi connectivity index (χ1) is 19.2. The minimum absolute atomic E-state index is 0.146. The monoisotopic (exact) mass is 543 g/mol. The van der Waals surface area contributed by atoms with E-state index in [0.29, 0.717) is 34.2 Å². The minimum atomic E-state index is -0.510. The van der Waals surface area contributed by atoms with Gasteiger partial charge in [-0.15, -0.1) is 0 Å². The van der Waals surface area contributed by atoms with Crippen LogP contribution in [0.25, 0.3) is 21.8 Å². The van der Waals surface area contributed by atoms with Gasteiger partial charge in [0, 0.05) is 85.6 Å². The second-order valence-corrected chi connectivity index (χ2v) is 10.4. The number of hydrogen-bond acceptors (Lipinski definition) is 8. The fourth-order valence-electron chi connectivity index (χ4n) is 5.32. The quantitative estimate of drug-likeness (QED) is 0.335. The largest absolute Gasteiger partial charge is 0.458 e. The van der Waals surface area contributed by atoms with Crippen LogP contribution in [0, 0.1) is 5.82 Å². The number of nitrogens with zero attached hydrogens (tertiary/aromatic N) is 7. The second-order valence-electron chi connectivity index (χ2n) is 10.4. The van der Waals surface area contributed by atoms with Gasteiger partial charge in [0.2, 0.25) is 0 Å². The molecule has 206 valence electrons. The van der Waals surface area contributed by atoms with Crippen LogP contribution in [0.15, 0.2) is 49.1 Å². The molecule has 12 heteroatoms. The van der Waals surface area contributed by atoms with Gasteiger partial charge in [0.25, 0.3) is 5.91 Å². The Bertz CT molecular complexity index is 1720. The third-order valence-electron chi connectivity index (χ3n) is 6.91. The van der Waals surface area contributed by atoms with Crippen molar-refractivity contribution in [3.8, 4) is 6.01 Å². The number of anilines is 2. The molecule has 1 aliphatic heterocycles. The summed E-state index contributed by atoms with van der Waals surface area (Å²) >= 11 is 0. The normalized spacial score (nSPS) is 17.5. The molecule has 0 aliphatic carbocycles. The molecule has 0 unspecified atom stereocenters. The van der Waals surface area contributed by atoms with Crippen molar-refractivity contribution in [3.63, 3.8) is 0 Å². The van der Waals surface area contributed by atoms with Gasteiger partial charge in [-0.2, -0.15) is 15.2 Å². The summed E-state index contributed by atoms with van der Waals surface area (Å²) in [5.41, 5.74) is 3.16. The van der Waals surface area contributed by atoms with Gasteiger partial charge in [0.15, 0.2) is 5.82 Å². The number of rotatable bonds is 6. The van der Waals surface area contributed by atoms with Crippen LogP contribution < -0.4 is 20.3 Å². The molecular weight excluding hydrogens is 513 g/mol. The molecule has 2 N–H and O–H groups in total. The second kappa shape index (κ2) is 10.2. The van der Waals surface area contributed by atoms with Crippen molar-refractivity contribution in [2.45, 2.75) is 32.5 Å². The third-order valence-corrected chi connectivity index (χ3v) is 6.91. The summed E-state index contributed by atoms with van der Waals surface area (Å²) in [4.78, 5) is 25.0. The number of piperazine rings is 1. The summed E-state index contributed by atoms with van der Waals surface area (Å²) < 4.78 is 23.8. The fraction of sp³-hybridized carbons (Fsp3) is 0.321. The maximum atomic E-state index is 14.7. The van der Waals surface area contributed by atoms with Crippen molar-refractivity contribution in [1.82, 2.24) is 34.8 Å². The topological polar surface area (TPSA) is 115 Å². The highest BCUT2D eigenvalue weighted by atomic mass is 19.1. The molecule has 11 nitrogen and oxygen atoms in total. The first-order valence-corrected chi connectivity index (χ1v) is 13.1. The first-order valence-electron chi connectivity index (χ1n) is 13.1. The van der Waals surface area contributed by atoms with Crippen LogP contribution in [-0.4, -0.2) is 60.6 Å². The van der Waals surface area contributed by atoms with E-state index < -0.39 is 11.7 Å². The van der Waals surface area contributed by atoms with Crippen molar-refractivity contribution in [1.29, 1.82) is 0 Å². The minimum Gasteiger partial charge on any atom is -0.458 e. The number of carbonyl (C=O) groups is 1. The predicted molar refractivity (Wildman–Crippen MR) is 150 cm³/mol. The van der Waals surface area contributed by atoms with E-state index in [0.717, 1.165) is 29.7 Å². The van der Waals surface area contributed by atoms with Crippen molar-refractivity contribution in [2.24, 2.45) is 14.1 Å². The molecule has 5 aromatic rings. The maximum absolute atomic E-state index is 14.7. The molecule has 2 atom stereocenters. The molecular formula is C28H30FN9O2. The molecule has 1 fully saturated rings. The molecule has 0 saturated carbocycles. The van der Waals surface area contributed by atoms with E-state index in [4.69, 9.17) is 4.74 Å². The van der Waals surface area contributed by atoms with E-state index in [1.54, 1.807) is 42.5 Å². The van der Waals surface area contributed by atoms with E-state index >= 15 is 0 Å². The van der Waals surface area contributed by atoms with Crippen LogP contribution in [0.4, 0.5) is 15.8 Å². The maximum Gasteiger partial charge on any atom is 0.317 e. The Balaban J connectivity index is 1.37. The highest BCUT2D eigenvalue weighted by Crippen LogP contribution is 2.31. The third kappa shape index (κ3) is 5.05. The van der Waals surface area contributed by atoms with Crippen molar-refractivity contribution < 1.29 is 13.9 Å². The lowest BCUT2D eigenvalue weighted by Crippen LogP contribution is -2.54. The van der Waals surface area contributed by atoms with E-state index in [1.165, 1.54) is 10.7 Å². The van der Waals surface area contributed by atoms with Crippen LogP contribution in [0.3, 0.4) is 0 Å². The number of hydrogen-bond donors (Lipinski definition) is 2. The summed E-state index contributed by atoms with van der Waals surface area (Å²) in [6.45, 7) is 6.12. The molecule has 1 aliphatic rings. The van der Waals surface area contributed by atoms with Crippen LogP contribution >= 0.6 is 0 Å². The fourth-order valence-corrected chi connectivity index (χ4v) is 5.32. The lowest BCUT2D eigenvalue weighted by atomic mass is 10.0. The van der Waals surface area contributed by atoms with E-state index in [-0.39, 0.29) is 18.1 Å². The van der Waals surface area contributed by atoms with Gasteiger partial charge in [0.1, 0.15) is 12.1 Å². The standard InChI is InChI=1S/C28H30FN9O2/c1-16-11-38(12-17(2)32-16)24-6-5-21(27(39)33-20-7-19-14-37(4)35-25(19)23(29)8-20)26-22(24)10-30-28(34-26)40-15-18-9-31-36(3)13-18/h5-10,13-14,16-17,32H,11-12,15H2,1-4H3,(H,33,39)/t16-,17-/m0/s1. The average molecular weight is 544 g/mol. The van der Waals surface area contributed by atoms with E-state index in [1.807, 2.05) is 19.3 Å². The summed E-state index contributed by atoms with van der Waals surface area (Å²) in [5.74, 6) is -0.929. The number of ether oxygens (including phenoxy) is 1. The smallest absolute Gasteiger partial charge is 0.317 e. The number of halogens is 1. The van der Waals surface area contributed by atoms with Crippen LogP contribution in [0.1, 0.15) is 29.8 Å². The summed E-state index contributed by atoms with van der Waals surface area (Å²) in [5, 5.41) is 16.0. The van der Waals surface area contributed by atoms with Crippen LogP contribution in [0.5, 0.6) is 6.01 Å². The van der Waals surface area contributed by atoms with Crippen LogP contribution in [0.2, 0.25) is 0 Å². The van der Waals surface area contributed by atoms with Gasteiger partial charge in [-0.05, 0) is 38.1 Å². The van der Waals surface area contributed by atoms with E-state index in [2.05, 4.69) is 49.5 Å². The van der Waals surface area contributed by atoms with Gasteiger partial charge < -0.3 is 20.3 Å². The Morgan fingerprint density at radius 2 is 1.90 bits per heavy atom. The van der Waals surface area contributed by atoms with E-state index in [9.17, 15) is 9.18 Å². The summed E-state index contributed by atoms with van der Waals surface area (Å²) in [7, 11) is 3.55. The highest BCUT2D eigenvalue weighted by Gasteiger charge is 2.25. The average Bonchev–Trinajstić information content (AvgIpc) is 3.50. The Kier molecular flexibility index (Phi) is 6.54. The van der Waals surface area contributed by atoms with Gasteiger partial charge in [-0.3, -0.25) is 14.2 Å². The predicted octanol–water partition coefficient (Wildman–Crippen LogP) is 3.41. The van der Waals surface area contributed by atoms with Crippen molar-refractivity contribution in [2.75, 3.05) is 23.3 Å². The summed E-state index contributed by atoms with van der Waals surface area (Å²) in [6.07, 6.45) is 6.96. The van der Waals surface area contributed by atoms with Crippen molar-refractivity contribution >= 4 is 39.1 Å². The number of benzene rings is 2. The number of fused-ring (bicyclic) bond motifs is 2. The number of nitrogens with one attached hydrogen (secondary N) is 2. The van der Waals surface area contributed by atoms with Gasteiger partial charge in [0.05, 0.1) is 17.3 Å². The highest BCUT2D eigenvalue weighted by molar-refractivity contribution is 6.14. The first kappa shape index (κ1) is 25.7. The van der Waals surface area contributed by atoms with Gasteiger partial charge >= 0.3 is 6.01 Å². The van der Waals surface area contributed by atoms with Gasteiger partial charge in [-0.25, -0.2) is 9.37 Å². The Labute approximate surface area is 230 Å². The molecule has 1 amide bonds. The Morgan fingerprint density at radius 1 is 1.10 bits per heavy atom. The molecule has 0 bridgehead atoms. The number of aromatic nitrogens is 6. The van der Waals surface area contributed by atoms with Gasteiger partial charge in [-0.1, -0.05) is 0 Å². The number of carbonyl (C=O) groups excluding carboxylic acids is 1. The zero-order chi connectivity index (χ0) is 28.0. The Hall–Kier alpha value is -4.58.